The van der Waals surface area contributed by atoms with Crippen LogP contribution < -0.4 is 5.14 Å². The van der Waals surface area contributed by atoms with E-state index in [1.165, 1.54) is 16.4 Å². The van der Waals surface area contributed by atoms with Gasteiger partial charge in [0.05, 0.1) is 20.8 Å². The van der Waals surface area contributed by atoms with Crippen molar-refractivity contribution >= 4 is 37.0 Å². The van der Waals surface area contributed by atoms with E-state index >= 15 is 0 Å². The summed E-state index contributed by atoms with van der Waals surface area (Å²) in [5, 5.41) is 5.08. The summed E-state index contributed by atoms with van der Waals surface area (Å²) < 4.78 is 52.0. The number of benzene rings is 3. The Morgan fingerprint density at radius 3 is 2.03 bits per heavy atom. The van der Waals surface area contributed by atoms with Gasteiger partial charge in [-0.05, 0) is 60.7 Å². The number of carbonyl (C=O) groups is 1. The number of rotatable bonds is 5. The molecule has 0 saturated carbocycles. The molecule has 1 saturated heterocycles. The van der Waals surface area contributed by atoms with Crippen LogP contribution in [0.5, 0.6) is 0 Å². The van der Waals surface area contributed by atoms with Crippen molar-refractivity contribution in [3.8, 4) is 5.69 Å². The summed E-state index contributed by atoms with van der Waals surface area (Å²) in [6.45, 7) is 0.733. The van der Waals surface area contributed by atoms with Gasteiger partial charge in [0.25, 0.3) is 5.91 Å². The number of nitrogens with two attached hydrogens (primary N) is 1. The molecule has 0 spiro atoms. The van der Waals surface area contributed by atoms with Crippen LogP contribution in [0, 0.1) is 0 Å². The van der Waals surface area contributed by atoms with Gasteiger partial charge in [-0.15, -0.1) is 0 Å². The molecule has 1 aromatic heterocycles. The number of hydrogen-bond acceptors (Lipinski definition) is 6. The predicted octanol–water partition coefficient (Wildman–Crippen LogP) is 1.82. The van der Waals surface area contributed by atoms with E-state index in [2.05, 4.69) is 4.98 Å². The van der Waals surface area contributed by atoms with E-state index in [-0.39, 0.29) is 41.9 Å². The fourth-order valence-corrected chi connectivity index (χ4v) is 6.13. The molecule has 1 aliphatic rings. The van der Waals surface area contributed by atoms with Crippen LogP contribution >= 0.6 is 0 Å². The van der Waals surface area contributed by atoms with Crippen molar-refractivity contribution in [3.05, 3.63) is 84.7 Å². The van der Waals surface area contributed by atoms with Crippen LogP contribution in [0.2, 0.25) is 0 Å². The fraction of sp³-hybridized carbons (Fsp3) is 0.167. The Morgan fingerprint density at radius 1 is 0.778 bits per heavy atom. The summed E-state index contributed by atoms with van der Waals surface area (Å²) in [5.74, 6) is -0.174. The Balaban J connectivity index is 1.25. The minimum atomic E-state index is -3.92. The average molecular weight is 526 g/mol. The summed E-state index contributed by atoms with van der Waals surface area (Å²) in [7, 11) is -7.75. The Kier molecular flexibility index (Phi) is 6.12. The molecule has 0 radical (unpaired) electrons. The molecule has 2 heterocycles. The maximum absolute atomic E-state index is 13.0. The van der Waals surface area contributed by atoms with Crippen LogP contribution in [0.1, 0.15) is 10.4 Å². The third-order valence-corrected chi connectivity index (χ3v) is 9.00. The number of fused-ring (bicyclic) bond motifs is 1. The molecule has 4 aromatic rings. The standard InChI is InChI=1S/C24H23N5O5S2/c25-35(31,32)20-9-11-21(12-10-20)36(33,34)28-15-13-27(14-16-28)24(30)18-5-7-19(8-6-18)29-17-26-22-3-1-2-4-23(22)29/h1-12,17H,13-16H2,(H2,25,31,32). The number of piperazine rings is 1. The highest BCUT2D eigenvalue weighted by molar-refractivity contribution is 7.89. The lowest BCUT2D eigenvalue weighted by molar-refractivity contribution is 0.0698. The van der Waals surface area contributed by atoms with Crippen molar-refractivity contribution in [1.82, 2.24) is 18.8 Å². The smallest absolute Gasteiger partial charge is 0.253 e. The SMILES string of the molecule is NS(=O)(=O)c1ccc(S(=O)(=O)N2CCN(C(=O)c3ccc(-n4cnc5ccccc54)cc3)CC2)cc1. The van der Waals surface area contributed by atoms with Crippen molar-refractivity contribution < 1.29 is 21.6 Å². The normalized spacial score (nSPS) is 15.3. The number of imidazole rings is 1. The Morgan fingerprint density at radius 2 is 1.39 bits per heavy atom. The minimum absolute atomic E-state index is 0.0303. The van der Waals surface area contributed by atoms with Gasteiger partial charge in [0.2, 0.25) is 20.0 Å². The van der Waals surface area contributed by atoms with Gasteiger partial charge >= 0.3 is 0 Å². The second-order valence-electron chi connectivity index (χ2n) is 8.36. The summed E-state index contributed by atoms with van der Waals surface area (Å²) in [6.07, 6.45) is 1.74. The third kappa shape index (κ3) is 4.51. The number of sulfonamides is 2. The Hall–Kier alpha value is -3.58. The van der Waals surface area contributed by atoms with Crippen molar-refractivity contribution in [2.24, 2.45) is 5.14 Å². The van der Waals surface area contributed by atoms with Crippen LogP contribution in [-0.4, -0.2) is 67.7 Å². The van der Waals surface area contributed by atoms with E-state index in [4.69, 9.17) is 5.14 Å². The quantitative estimate of drug-likeness (QED) is 0.422. The number of carbonyl (C=O) groups excluding carboxylic acids is 1. The zero-order chi connectivity index (χ0) is 25.5. The van der Waals surface area contributed by atoms with Crippen LogP contribution in [0.25, 0.3) is 16.7 Å². The molecule has 36 heavy (non-hydrogen) atoms. The average Bonchev–Trinajstić information content (AvgIpc) is 3.32. The van der Waals surface area contributed by atoms with Crippen LogP contribution in [0.3, 0.4) is 0 Å². The predicted molar refractivity (Wildman–Crippen MR) is 134 cm³/mol. The van der Waals surface area contributed by atoms with Gasteiger partial charge in [0.15, 0.2) is 0 Å². The number of nitrogens with zero attached hydrogens (tertiary/aromatic N) is 4. The Bertz CT molecular complexity index is 1640. The molecule has 1 amide bonds. The number of aromatic nitrogens is 2. The van der Waals surface area contributed by atoms with Crippen molar-refractivity contribution in [1.29, 1.82) is 0 Å². The molecule has 186 valence electrons. The van der Waals surface area contributed by atoms with Gasteiger partial charge in [-0.3, -0.25) is 9.36 Å². The molecular weight excluding hydrogens is 502 g/mol. The first-order valence-corrected chi connectivity index (χ1v) is 14.1. The first kappa shape index (κ1) is 24.1. The van der Waals surface area contributed by atoms with E-state index in [1.54, 1.807) is 23.4 Å². The molecule has 2 N–H and O–H groups in total. The van der Waals surface area contributed by atoms with E-state index < -0.39 is 20.0 Å². The van der Waals surface area contributed by atoms with E-state index in [0.717, 1.165) is 28.9 Å². The molecule has 12 heteroatoms. The van der Waals surface area contributed by atoms with Crippen molar-refractivity contribution in [2.45, 2.75) is 9.79 Å². The minimum Gasteiger partial charge on any atom is -0.336 e. The van der Waals surface area contributed by atoms with E-state index in [9.17, 15) is 21.6 Å². The second-order valence-corrected chi connectivity index (χ2v) is 11.9. The molecule has 1 fully saturated rings. The first-order chi connectivity index (χ1) is 17.1. The molecule has 0 bridgehead atoms. The summed E-state index contributed by atoms with van der Waals surface area (Å²) in [5.41, 5.74) is 3.24. The zero-order valence-electron chi connectivity index (χ0n) is 19.1. The number of para-hydroxylation sites is 2. The molecule has 0 aliphatic carbocycles. The highest BCUT2D eigenvalue weighted by atomic mass is 32.2. The molecule has 0 atom stereocenters. The molecular formula is C24H23N5O5S2. The molecule has 5 rings (SSSR count). The second kappa shape index (κ2) is 9.13. The van der Waals surface area contributed by atoms with Crippen molar-refractivity contribution in [2.75, 3.05) is 26.2 Å². The Labute approximate surface area is 208 Å². The topological polar surface area (TPSA) is 136 Å². The number of primary sulfonamides is 1. The molecule has 3 aromatic carbocycles. The lowest BCUT2D eigenvalue weighted by Gasteiger charge is -2.34. The van der Waals surface area contributed by atoms with Crippen molar-refractivity contribution in [3.63, 3.8) is 0 Å². The summed E-state index contributed by atoms with van der Waals surface area (Å²) in [4.78, 5) is 18.9. The number of amides is 1. The molecule has 0 unspecified atom stereocenters. The van der Waals surface area contributed by atoms with E-state index in [1.807, 2.05) is 41.0 Å². The van der Waals surface area contributed by atoms with Gasteiger partial charge in [-0.2, -0.15) is 4.31 Å². The van der Waals surface area contributed by atoms with Gasteiger partial charge in [0, 0.05) is 37.4 Å². The van der Waals surface area contributed by atoms with Crippen LogP contribution in [-0.2, 0) is 20.0 Å². The fourth-order valence-electron chi connectivity index (χ4n) is 4.19. The maximum Gasteiger partial charge on any atom is 0.253 e. The first-order valence-electron chi connectivity index (χ1n) is 11.1. The maximum atomic E-state index is 13.0. The van der Waals surface area contributed by atoms with Gasteiger partial charge in [0.1, 0.15) is 6.33 Å². The van der Waals surface area contributed by atoms with Crippen LogP contribution in [0.15, 0.2) is 88.9 Å². The van der Waals surface area contributed by atoms with Gasteiger partial charge in [-0.1, -0.05) is 12.1 Å². The monoisotopic (exact) mass is 525 g/mol. The summed E-state index contributed by atoms with van der Waals surface area (Å²) >= 11 is 0. The largest absolute Gasteiger partial charge is 0.336 e. The lowest BCUT2D eigenvalue weighted by Crippen LogP contribution is -2.50. The zero-order valence-corrected chi connectivity index (χ0v) is 20.7. The molecule has 10 nitrogen and oxygen atoms in total. The summed E-state index contributed by atoms with van der Waals surface area (Å²) in [6, 6.07) is 19.8. The van der Waals surface area contributed by atoms with Gasteiger partial charge in [-0.25, -0.2) is 27.0 Å². The lowest BCUT2D eigenvalue weighted by atomic mass is 10.1. The van der Waals surface area contributed by atoms with E-state index in [0.29, 0.717) is 5.56 Å². The van der Waals surface area contributed by atoms with Gasteiger partial charge < -0.3 is 4.90 Å². The third-order valence-electron chi connectivity index (χ3n) is 6.16. The highest BCUT2D eigenvalue weighted by Gasteiger charge is 2.30. The highest BCUT2D eigenvalue weighted by Crippen LogP contribution is 2.22. The van der Waals surface area contributed by atoms with Crippen LogP contribution in [0.4, 0.5) is 0 Å². The number of hydrogen-bond donors (Lipinski definition) is 1. The molecule has 1 aliphatic heterocycles.